The molecule has 2 aromatic carbocycles. The minimum atomic E-state index is -3.41. The molecular formula is C27H21FN6O2S. The molecule has 184 valence electrons. The molecule has 4 heterocycles. The first-order chi connectivity index (χ1) is 17.8. The second kappa shape index (κ2) is 8.91. The van der Waals surface area contributed by atoms with Gasteiger partial charge in [-0.3, -0.25) is 15.1 Å². The molecule has 8 nitrogen and oxygen atoms in total. The van der Waals surface area contributed by atoms with E-state index in [2.05, 4.69) is 35.9 Å². The molecule has 0 aliphatic rings. The van der Waals surface area contributed by atoms with Crippen molar-refractivity contribution < 1.29 is 12.8 Å². The van der Waals surface area contributed by atoms with Crippen molar-refractivity contribution in [1.29, 1.82) is 0 Å². The van der Waals surface area contributed by atoms with Gasteiger partial charge in [0.2, 0.25) is 10.0 Å². The summed E-state index contributed by atoms with van der Waals surface area (Å²) < 4.78 is 39.9. The Morgan fingerprint density at radius 3 is 2.46 bits per heavy atom. The minimum Gasteiger partial charge on any atom is -0.353 e. The lowest BCUT2D eigenvalue weighted by Crippen LogP contribution is -2.21. The summed E-state index contributed by atoms with van der Waals surface area (Å²) >= 11 is 0. The molecule has 0 radical (unpaired) electrons. The van der Waals surface area contributed by atoms with Gasteiger partial charge in [-0.15, -0.1) is 0 Å². The number of pyridine rings is 2. The van der Waals surface area contributed by atoms with Crippen LogP contribution in [0.1, 0.15) is 5.56 Å². The largest absolute Gasteiger partial charge is 0.353 e. The van der Waals surface area contributed by atoms with E-state index in [1.807, 2.05) is 36.4 Å². The minimum absolute atomic E-state index is 0.0168. The van der Waals surface area contributed by atoms with Crippen molar-refractivity contribution >= 4 is 31.8 Å². The number of nitrogens with zero attached hydrogens (tertiary/aromatic N) is 3. The Morgan fingerprint density at radius 2 is 1.65 bits per heavy atom. The highest BCUT2D eigenvalue weighted by Crippen LogP contribution is 2.34. The molecule has 0 saturated carbocycles. The summed E-state index contributed by atoms with van der Waals surface area (Å²) in [5.41, 5.74) is 7.00. The third-order valence-electron chi connectivity index (χ3n) is 6.15. The third-order valence-corrected chi connectivity index (χ3v) is 6.82. The summed E-state index contributed by atoms with van der Waals surface area (Å²) in [6, 6.07) is 18.3. The summed E-state index contributed by atoms with van der Waals surface area (Å²) in [6.45, 7) is -0.0168. The molecule has 0 unspecified atom stereocenters. The van der Waals surface area contributed by atoms with E-state index >= 15 is 0 Å². The Morgan fingerprint density at radius 1 is 0.838 bits per heavy atom. The number of hydrogen-bond acceptors (Lipinski definition) is 5. The zero-order valence-corrected chi connectivity index (χ0v) is 20.5. The van der Waals surface area contributed by atoms with E-state index < -0.39 is 15.8 Å². The number of aromatic amines is 2. The van der Waals surface area contributed by atoms with Gasteiger partial charge in [0.15, 0.2) is 0 Å². The quantitative estimate of drug-likeness (QED) is 0.290. The van der Waals surface area contributed by atoms with Gasteiger partial charge in [0.05, 0.1) is 23.2 Å². The van der Waals surface area contributed by atoms with Crippen molar-refractivity contribution in [3.63, 3.8) is 0 Å². The van der Waals surface area contributed by atoms with E-state index in [1.54, 1.807) is 24.7 Å². The van der Waals surface area contributed by atoms with Gasteiger partial charge >= 0.3 is 0 Å². The Balaban J connectivity index is 1.44. The fourth-order valence-electron chi connectivity index (χ4n) is 4.46. The first kappa shape index (κ1) is 23.0. The predicted octanol–water partition coefficient (Wildman–Crippen LogP) is 5.02. The molecule has 10 heteroatoms. The molecule has 3 N–H and O–H groups in total. The molecule has 6 aromatic rings. The number of benzene rings is 2. The van der Waals surface area contributed by atoms with Crippen molar-refractivity contribution in [2.45, 2.75) is 6.54 Å². The average molecular weight is 513 g/mol. The number of fused-ring (bicyclic) bond motifs is 2. The van der Waals surface area contributed by atoms with Gasteiger partial charge in [-0.25, -0.2) is 17.5 Å². The number of aromatic nitrogens is 5. The van der Waals surface area contributed by atoms with Crippen LogP contribution in [0.2, 0.25) is 0 Å². The first-order valence-electron chi connectivity index (χ1n) is 11.5. The number of rotatable bonds is 6. The zero-order chi connectivity index (χ0) is 25.6. The molecule has 0 saturated heterocycles. The van der Waals surface area contributed by atoms with Crippen molar-refractivity contribution in [1.82, 2.24) is 29.9 Å². The Hall–Kier alpha value is -4.41. The van der Waals surface area contributed by atoms with E-state index in [4.69, 9.17) is 0 Å². The van der Waals surface area contributed by atoms with Gasteiger partial charge in [0, 0.05) is 47.0 Å². The maximum absolute atomic E-state index is 14.5. The highest BCUT2D eigenvalue weighted by molar-refractivity contribution is 7.88. The summed E-state index contributed by atoms with van der Waals surface area (Å²) in [5, 5.41) is 9.40. The topological polar surface area (TPSA) is 116 Å². The average Bonchev–Trinajstić information content (AvgIpc) is 3.51. The van der Waals surface area contributed by atoms with Crippen LogP contribution in [0.3, 0.4) is 0 Å². The van der Waals surface area contributed by atoms with Crippen molar-refractivity contribution in [2.75, 3.05) is 6.26 Å². The van der Waals surface area contributed by atoms with Crippen LogP contribution in [0.15, 0.2) is 79.3 Å². The summed E-state index contributed by atoms with van der Waals surface area (Å²) in [4.78, 5) is 12.0. The first-order valence-corrected chi connectivity index (χ1v) is 13.3. The van der Waals surface area contributed by atoms with Gasteiger partial charge in [-0.2, -0.15) is 5.10 Å². The highest BCUT2D eigenvalue weighted by atomic mass is 32.2. The van der Waals surface area contributed by atoms with Crippen molar-refractivity contribution in [3.05, 3.63) is 90.6 Å². The lowest BCUT2D eigenvalue weighted by molar-refractivity contribution is 0.586. The van der Waals surface area contributed by atoms with Crippen molar-refractivity contribution in [2.24, 2.45) is 0 Å². The molecule has 0 aliphatic heterocycles. The Kier molecular flexibility index (Phi) is 5.54. The molecule has 0 atom stereocenters. The fourth-order valence-corrected chi connectivity index (χ4v) is 4.89. The Bertz CT molecular complexity index is 1880. The third kappa shape index (κ3) is 4.59. The number of sulfonamides is 1. The van der Waals surface area contributed by atoms with Crippen LogP contribution in [0.25, 0.3) is 55.6 Å². The summed E-state index contributed by atoms with van der Waals surface area (Å²) in [5.74, 6) is -0.473. The van der Waals surface area contributed by atoms with Gasteiger partial charge in [-0.1, -0.05) is 6.07 Å². The van der Waals surface area contributed by atoms with Crippen LogP contribution in [0.4, 0.5) is 4.39 Å². The van der Waals surface area contributed by atoms with Crippen LogP contribution in [-0.2, 0) is 16.6 Å². The van der Waals surface area contributed by atoms with Gasteiger partial charge < -0.3 is 4.98 Å². The molecule has 37 heavy (non-hydrogen) atoms. The second-order valence-corrected chi connectivity index (χ2v) is 10.6. The highest BCUT2D eigenvalue weighted by Gasteiger charge is 2.16. The zero-order valence-electron chi connectivity index (χ0n) is 19.7. The summed E-state index contributed by atoms with van der Waals surface area (Å²) in [7, 11) is -3.41. The van der Waals surface area contributed by atoms with Crippen LogP contribution < -0.4 is 4.72 Å². The molecule has 6 rings (SSSR count). The van der Waals surface area contributed by atoms with E-state index in [1.165, 1.54) is 12.1 Å². The Labute approximate surface area is 211 Å². The predicted molar refractivity (Wildman–Crippen MR) is 141 cm³/mol. The normalized spacial score (nSPS) is 11.9. The number of hydrogen-bond donors (Lipinski definition) is 3. The molecule has 4 aromatic heterocycles. The molecule has 0 fully saturated rings. The van der Waals surface area contributed by atoms with E-state index in [9.17, 15) is 12.8 Å². The fraction of sp³-hybridized carbons (Fsp3) is 0.0741. The monoisotopic (exact) mass is 512 g/mol. The molecule has 0 aliphatic carbocycles. The van der Waals surface area contributed by atoms with Gasteiger partial charge in [-0.05, 0) is 71.3 Å². The van der Waals surface area contributed by atoms with Crippen molar-refractivity contribution in [3.8, 4) is 33.8 Å². The second-order valence-electron chi connectivity index (χ2n) is 8.81. The SMILES string of the molecule is CS(=O)(=O)NCc1cc(F)cc(-c2nccc3[nH]c(-c4n[nH]c5ccc(-c6ccncc6)cc45)cc23)c1. The maximum Gasteiger partial charge on any atom is 0.209 e. The number of halogens is 1. The van der Waals surface area contributed by atoms with Crippen LogP contribution in [-0.4, -0.2) is 39.8 Å². The van der Waals surface area contributed by atoms with Crippen LogP contribution in [0.5, 0.6) is 0 Å². The number of H-pyrrole nitrogens is 2. The standard InChI is InChI=1S/C27H21FN6O2S/c1-37(35,36)31-15-16-10-19(12-20(28)11-16)26-22-14-25(32-23(22)6-9-30-26)27-21-13-18(2-3-24(21)33-34-27)17-4-7-29-8-5-17/h2-14,31-32H,15H2,1H3,(H,33,34). The van der Waals surface area contributed by atoms with Gasteiger partial charge in [0.1, 0.15) is 11.5 Å². The lowest BCUT2D eigenvalue weighted by Gasteiger charge is -2.08. The summed E-state index contributed by atoms with van der Waals surface area (Å²) in [6.07, 6.45) is 6.24. The molecule has 0 spiro atoms. The van der Waals surface area contributed by atoms with E-state index in [0.717, 1.165) is 50.6 Å². The van der Waals surface area contributed by atoms with E-state index in [-0.39, 0.29) is 6.54 Å². The lowest BCUT2D eigenvalue weighted by atomic mass is 10.0. The number of nitrogens with one attached hydrogen (secondary N) is 3. The van der Waals surface area contributed by atoms with Crippen LogP contribution >= 0.6 is 0 Å². The molecule has 0 bridgehead atoms. The van der Waals surface area contributed by atoms with Gasteiger partial charge in [0.25, 0.3) is 0 Å². The maximum atomic E-state index is 14.5. The van der Waals surface area contributed by atoms with E-state index in [0.29, 0.717) is 16.8 Å². The van der Waals surface area contributed by atoms with Crippen LogP contribution in [0, 0.1) is 5.82 Å². The smallest absolute Gasteiger partial charge is 0.209 e. The molecule has 0 amide bonds. The molecular weight excluding hydrogens is 491 g/mol.